The van der Waals surface area contributed by atoms with E-state index in [0.717, 1.165) is 36.1 Å². The van der Waals surface area contributed by atoms with Gasteiger partial charge in [-0.3, -0.25) is 4.99 Å². The Labute approximate surface area is 172 Å². The van der Waals surface area contributed by atoms with Crippen LogP contribution in [0.3, 0.4) is 0 Å². The molecule has 0 atom stereocenters. The Morgan fingerprint density at radius 3 is 2.81 bits per heavy atom. The molecule has 0 bridgehead atoms. The van der Waals surface area contributed by atoms with E-state index in [-0.39, 0.29) is 24.0 Å². The third kappa shape index (κ3) is 7.61. The van der Waals surface area contributed by atoms with Gasteiger partial charge >= 0.3 is 0 Å². The van der Waals surface area contributed by atoms with Gasteiger partial charge in [-0.05, 0) is 24.6 Å². The number of hydrogen-bond acceptors (Lipinski definition) is 5. The van der Waals surface area contributed by atoms with Crippen LogP contribution in [0.4, 0.5) is 5.82 Å². The summed E-state index contributed by atoms with van der Waals surface area (Å²) in [6.45, 7) is 2.62. The smallest absolute Gasteiger partial charge is 0.191 e. The quantitative estimate of drug-likeness (QED) is 0.253. The molecule has 2 aromatic heterocycles. The Morgan fingerprint density at radius 1 is 1.27 bits per heavy atom. The van der Waals surface area contributed by atoms with Gasteiger partial charge < -0.3 is 24.7 Å². The van der Waals surface area contributed by atoms with Gasteiger partial charge in [-0.15, -0.1) is 24.0 Å². The molecule has 2 rings (SSSR count). The normalized spacial score (nSPS) is 11.0. The fourth-order valence-electron chi connectivity index (χ4n) is 2.32. The number of hydrogen-bond donors (Lipinski definition) is 2. The fraction of sp³-hybridized carbons (Fsp3) is 0.444. The van der Waals surface area contributed by atoms with Crippen LogP contribution < -0.4 is 15.5 Å². The lowest BCUT2D eigenvalue weighted by Crippen LogP contribution is -2.37. The minimum atomic E-state index is 0. The van der Waals surface area contributed by atoms with E-state index >= 15 is 0 Å². The van der Waals surface area contributed by atoms with Crippen molar-refractivity contribution in [1.82, 2.24) is 15.6 Å². The minimum Gasteiger partial charge on any atom is -0.467 e. The van der Waals surface area contributed by atoms with Crippen LogP contribution in [0.15, 0.2) is 46.1 Å². The van der Waals surface area contributed by atoms with E-state index in [1.165, 1.54) is 0 Å². The van der Waals surface area contributed by atoms with Gasteiger partial charge in [0.05, 0.1) is 6.26 Å². The minimum absolute atomic E-state index is 0. The molecule has 2 heterocycles. The van der Waals surface area contributed by atoms with E-state index in [4.69, 9.17) is 9.15 Å². The van der Waals surface area contributed by atoms with Crippen molar-refractivity contribution in [3.63, 3.8) is 0 Å². The molecule has 26 heavy (non-hydrogen) atoms. The lowest BCUT2D eigenvalue weighted by Gasteiger charge is -2.17. The topological polar surface area (TPSA) is 74.9 Å². The first kappa shape index (κ1) is 22.2. The molecule has 0 radical (unpaired) electrons. The van der Waals surface area contributed by atoms with E-state index in [1.54, 1.807) is 19.5 Å². The molecule has 2 N–H and O–H groups in total. The summed E-state index contributed by atoms with van der Waals surface area (Å²) in [6.07, 6.45) is 4.34. The number of furan rings is 1. The number of ether oxygens (including phenoxy) is 1. The predicted octanol–water partition coefficient (Wildman–Crippen LogP) is 2.63. The second kappa shape index (κ2) is 12.5. The summed E-state index contributed by atoms with van der Waals surface area (Å²) in [5.74, 6) is 2.56. The molecule has 0 amide bonds. The van der Waals surface area contributed by atoms with Gasteiger partial charge in [0.1, 0.15) is 18.2 Å². The first-order valence-corrected chi connectivity index (χ1v) is 8.36. The number of guanidine groups is 1. The van der Waals surface area contributed by atoms with Crippen LogP contribution in [0.1, 0.15) is 17.7 Å². The molecule has 7 nitrogen and oxygen atoms in total. The number of aliphatic imine (C=N–C) groups is 1. The van der Waals surface area contributed by atoms with Crippen molar-refractivity contribution in [3.05, 3.63) is 48.0 Å². The second-order valence-electron chi connectivity index (χ2n) is 5.72. The van der Waals surface area contributed by atoms with Crippen LogP contribution in [-0.2, 0) is 17.9 Å². The van der Waals surface area contributed by atoms with Crippen LogP contribution in [0.2, 0.25) is 0 Å². The number of anilines is 1. The molecule has 0 spiro atoms. The van der Waals surface area contributed by atoms with Gasteiger partial charge in [-0.25, -0.2) is 4.98 Å². The second-order valence-corrected chi connectivity index (χ2v) is 5.72. The van der Waals surface area contributed by atoms with Crippen molar-refractivity contribution in [3.8, 4) is 0 Å². The van der Waals surface area contributed by atoms with Gasteiger partial charge in [0.15, 0.2) is 5.96 Å². The monoisotopic (exact) mass is 473 g/mol. The van der Waals surface area contributed by atoms with Crippen LogP contribution in [0.25, 0.3) is 0 Å². The van der Waals surface area contributed by atoms with Crippen molar-refractivity contribution >= 4 is 35.8 Å². The highest BCUT2D eigenvalue weighted by atomic mass is 127. The highest BCUT2D eigenvalue weighted by molar-refractivity contribution is 14.0. The first-order valence-electron chi connectivity index (χ1n) is 8.36. The van der Waals surface area contributed by atoms with Crippen LogP contribution in [0, 0.1) is 0 Å². The lowest BCUT2D eigenvalue weighted by atomic mass is 10.2. The fourth-order valence-corrected chi connectivity index (χ4v) is 2.32. The summed E-state index contributed by atoms with van der Waals surface area (Å²) in [4.78, 5) is 10.6. The molecule has 0 unspecified atom stereocenters. The van der Waals surface area contributed by atoms with E-state index in [2.05, 4.69) is 26.7 Å². The average Bonchev–Trinajstić information content (AvgIpc) is 3.14. The summed E-state index contributed by atoms with van der Waals surface area (Å²) in [5, 5.41) is 6.59. The summed E-state index contributed by atoms with van der Waals surface area (Å²) in [7, 11) is 5.74. The molecule has 8 heteroatoms. The summed E-state index contributed by atoms with van der Waals surface area (Å²) in [5.41, 5.74) is 1.12. The zero-order valence-electron chi connectivity index (χ0n) is 15.6. The van der Waals surface area contributed by atoms with Crippen molar-refractivity contribution in [2.24, 2.45) is 4.99 Å². The Balaban J connectivity index is 0.00000338. The zero-order chi connectivity index (χ0) is 17.9. The lowest BCUT2D eigenvalue weighted by molar-refractivity contribution is 0.105. The number of nitrogens with zero attached hydrogens (tertiary/aromatic N) is 3. The SMILES string of the molecule is CN=C(NCCCOCc1ccco1)NCc1cccnc1N(C)C.I. The third-order valence-electron chi connectivity index (χ3n) is 3.54. The molecule has 0 aliphatic heterocycles. The number of halogens is 1. The predicted molar refractivity (Wildman–Crippen MR) is 115 cm³/mol. The molecule has 0 fully saturated rings. The van der Waals surface area contributed by atoms with Gasteiger partial charge in [-0.1, -0.05) is 6.07 Å². The van der Waals surface area contributed by atoms with Crippen molar-refractivity contribution in [1.29, 1.82) is 0 Å². The van der Waals surface area contributed by atoms with Crippen LogP contribution >= 0.6 is 24.0 Å². The third-order valence-corrected chi connectivity index (χ3v) is 3.54. The molecule has 0 saturated heterocycles. The van der Waals surface area contributed by atoms with E-state index in [9.17, 15) is 0 Å². The maximum atomic E-state index is 5.56. The zero-order valence-corrected chi connectivity index (χ0v) is 17.9. The molecule has 0 saturated carbocycles. The van der Waals surface area contributed by atoms with E-state index < -0.39 is 0 Å². The summed E-state index contributed by atoms with van der Waals surface area (Å²) >= 11 is 0. The molecule has 0 aliphatic rings. The molecular formula is C18H28IN5O2. The number of aromatic nitrogens is 1. The highest BCUT2D eigenvalue weighted by Gasteiger charge is 2.06. The molecule has 0 aliphatic carbocycles. The average molecular weight is 473 g/mol. The number of nitrogens with one attached hydrogen (secondary N) is 2. The van der Waals surface area contributed by atoms with Crippen molar-refractivity contribution in [2.75, 3.05) is 39.2 Å². The highest BCUT2D eigenvalue weighted by Crippen LogP contribution is 2.13. The Bertz CT molecular complexity index is 647. The van der Waals surface area contributed by atoms with E-state index in [0.29, 0.717) is 19.8 Å². The summed E-state index contributed by atoms with van der Waals surface area (Å²) in [6, 6.07) is 7.77. The molecular weight excluding hydrogens is 445 g/mol. The van der Waals surface area contributed by atoms with Gasteiger partial charge in [0, 0.05) is 52.6 Å². The van der Waals surface area contributed by atoms with Gasteiger partial charge in [-0.2, -0.15) is 0 Å². The van der Waals surface area contributed by atoms with Crippen molar-refractivity contribution in [2.45, 2.75) is 19.6 Å². The number of pyridine rings is 1. The van der Waals surface area contributed by atoms with Gasteiger partial charge in [0.25, 0.3) is 0 Å². The summed E-state index contributed by atoms with van der Waals surface area (Å²) < 4.78 is 10.8. The Morgan fingerprint density at radius 2 is 2.12 bits per heavy atom. The number of rotatable bonds is 9. The Kier molecular flexibility index (Phi) is 10.7. The Hall–Kier alpha value is -1.81. The molecule has 0 aromatic carbocycles. The maximum Gasteiger partial charge on any atom is 0.191 e. The standard InChI is InChI=1S/C18H27N5O2.HI/c1-19-18(21-10-6-11-24-14-16-8-5-12-25-16)22-13-15-7-4-9-20-17(15)23(2)3;/h4-5,7-9,12H,6,10-11,13-14H2,1-3H3,(H2,19,21,22);1H. The molecule has 2 aromatic rings. The van der Waals surface area contributed by atoms with Crippen LogP contribution in [0.5, 0.6) is 0 Å². The maximum absolute atomic E-state index is 5.56. The first-order chi connectivity index (χ1) is 12.2. The van der Waals surface area contributed by atoms with Gasteiger partial charge in [0.2, 0.25) is 0 Å². The molecule has 144 valence electrons. The van der Waals surface area contributed by atoms with Crippen LogP contribution in [-0.4, -0.2) is 45.2 Å². The largest absolute Gasteiger partial charge is 0.467 e. The van der Waals surface area contributed by atoms with Crippen molar-refractivity contribution < 1.29 is 9.15 Å². The van der Waals surface area contributed by atoms with E-state index in [1.807, 2.05) is 37.2 Å².